The van der Waals surface area contributed by atoms with Gasteiger partial charge in [0.15, 0.2) is 0 Å². The van der Waals surface area contributed by atoms with Crippen LogP contribution in [0.25, 0.3) is 0 Å². The third kappa shape index (κ3) is 4.41. The van der Waals surface area contributed by atoms with Crippen LogP contribution in [0.2, 0.25) is 0 Å². The van der Waals surface area contributed by atoms with Gasteiger partial charge in [0.2, 0.25) is 0 Å². The van der Waals surface area contributed by atoms with E-state index in [1.165, 1.54) is 12.1 Å². The van der Waals surface area contributed by atoms with Crippen LogP contribution in [0.1, 0.15) is 46.3 Å². The molecule has 0 amide bonds. The van der Waals surface area contributed by atoms with E-state index in [1.807, 2.05) is 0 Å². The number of rotatable bonds is 4. The minimum Gasteiger partial charge on any atom is -0.508 e. The number of phenols is 6. The van der Waals surface area contributed by atoms with Crippen molar-refractivity contribution < 1.29 is 35.4 Å². The SMILES string of the molecule is Oc1ccc([C@H]2O[C@@H](c3ccc(O)cc3)[C@H](c3cc(O)cc(O)c3)[C@H]2c2cc(O)cc(O)c2)cc1. The average molecular weight is 472 g/mol. The Balaban J connectivity index is 1.74. The number of hydrogen-bond donors (Lipinski definition) is 6. The van der Waals surface area contributed by atoms with E-state index in [2.05, 4.69) is 0 Å². The molecule has 6 N–H and O–H groups in total. The highest BCUT2D eigenvalue weighted by molar-refractivity contribution is 5.47. The van der Waals surface area contributed by atoms with Crippen LogP contribution in [0.5, 0.6) is 34.5 Å². The molecule has 1 aliphatic heterocycles. The molecular formula is C28H24O7. The molecule has 1 aliphatic rings. The van der Waals surface area contributed by atoms with Gasteiger partial charge in [0.05, 0.1) is 12.2 Å². The lowest BCUT2D eigenvalue weighted by Crippen LogP contribution is -2.14. The van der Waals surface area contributed by atoms with Crippen molar-refractivity contribution in [3.05, 3.63) is 107 Å². The highest BCUT2D eigenvalue weighted by atomic mass is 16.5. The number of hydrogen-bond acceptors (Lipinski definition) is 7. The third-order valence-electron chi connectivity index (χ3n) is 6.40. The first kappa shape index (κ1) is 22.4. The molecule has 35 heavy (non-hydrogen) atoms. The fourth-order valence-electron chi connectivity index (χ4n) is 4.99. The average Bonchev–Trinajstić information content (AvgIpc) is 3.19. The summed E-state index contributed by atoms with van der Waals surface area (Å²) in [6.07, 6.45) is -1.16. The summed E-state index contributed by atoms with van der Waals surface area (Å²) in [7, 11) is 0. The van der Waals surface area contributed by atoms with Crippen molar-refractivity contribution in [1.82, 2.24) is 0 Å². The van der Waals surface area contributed by atoms with Crippen molar-refractivity contribution in [2.45, 2.75) is 24.0 Å². The normalized spacial score (nSPS) is 21.7. The number of aromatic hydroxyl groups is 6. The van der Waals surface area contributed by atoms with Crippen LogP contribution in [0.4, 0.5) is 0 Å². The maximum Gasteiger partial charge on any atom is 0.119 e. The van der Waals surface area contributed by atoms with E-state index in [0.717, 1.165) is 11.1 Å². The fourth-order valence-corrected chi connectivity index (χ4v) is 4.99. The van der Waals surface area contributed by atoms with E-state index < -0.39 is 24.0 Å². The molecular weight excluding hydrogens is 448 g/mol. The summed E-state index contributed by atoms with van der Waals surface area (Å²) >= 11 is 0. The van der Waals surface area contributed by atoms with E-state index in [-0.39, 0.29) is 34.5 Å². The summed E-state index contributed by atoms with van der Waals surface area (Å²) in [6.45, 7) is 0. The minimum atomic E-state index is -0.579. The lowest BCUT2D eigenvalue weighted by Gasteiger charge is -2.26. The first-order valence-corrected chi connectivity index (χ1v) is 11.1. The van der Waals surface area contributed by atoms with E-state index >= 15 is 0 Å². The van der Waals surface area contributed by atoms with E-state index in [9.17, 15) is 30.6 Å². The molecule has 4 atom stereocenters. The lowest BCUT2D eigenvalue weighted by atomic mass is 9.75. The van der Waals surface area contributed by atoms with Gasteiger partial charge in [-0.15, -0.1) is 0 Å². The molecule has 0 bridgehead atoms. The van der Waals surface area contributed by atoms with Crippen molar-refractivity contribution in [3.8, 4) is 34.5 Å². The smallest absolute Gasteiger partial charge is 0.119 e. The topological polar surface area (TPSA) is 131 Å². The van der Waals surface area contributed by atoms with Crippen LogP contribution in [0.3, 0.4) is 0 Å². The molecule has 7 heteroatoms. The van der Waals surface area contributed by atoms with E-state index in [4.69, 9.17) is 4.74 Å². The van der Waals surface area contributed by atoms with Crippen molar-refractivity contribution in [1.29, 1.82) is 0 Å². The molecule has 0 radical (unpaired) electrons. The quantitative estimate of drug-likeness (QED) is 0.238. The zero-order valence-electron chi connectivity index (χ0n) is 18.5. The first-order valence-electron chi connectivity index (χ1n) is 11.1. The largest absolute Gasteiger partial charge is 0.508 e. The van der Waals surface area contributed by atoms with E-state index in [1.54, 1.807) is 72.8 Å². The second-order valence-electron chi connectivity index (χ2n) is 8.78. The monoisotopic (exact) mass is 472 g/mol. The lowest BCUT2D eigenvalue weighted by molar-refractivity contribution is 0.0366. The summed E-state index contributed by atoms with van der Waals surface area (Å²) in [6, 6.07) is 21.9. The van der Waals surface area contributed by atoms with Crippen LogP contribution in [-0.2, 0) is 4.74 Å². The Kier molecular flexibility index (Phi) is 5.62. The van der Waals surface area contributed by atoms with Crippen molar-refractivity contribution >= 4 is 0 Å². The molecule has 7 nitrogen and oxygen atoms in total. The molecule has 4 aromatic carbocycles. The summed E-state index contributed by atoms with van der Waals surface area (Å²) < 4.78 is 6.62. The maximum atomic E-state index is 10.3. The predicted molar refractivity (Wildman–Crippen MR) is 128 cm³/mol. The third-order valence-corrected chi connectivity index (χ3v) is 6.40. The van der Waals surface area contributed by atoms with Crippen LogP contribution in [0, 0.1) is 0 Å². The van der Waals surface area contributed by atoms with Gasteiger partial charge in [-0.25, -0.2) is 0 Å². The molecule has 178 valence electrons. The Morgan fingerprint density at radius 1 is 0.371 bits per heavy atom. The summed E-state index contributed by atoms with van der Waals surface area (Å²) in [5.74, 6) is -1.21. The van der Waals surface area contributed by atoms with Gasteiger partial charge in [-0.05, 0) is 70.8 Å². The first-order chi connectivity index (χ1) is 16.8. The zero-order chi connectivity index (χ0) is 24.7. The van der Waals surface area contributed by atoms with Gasteiger partial charge in [0.25, 0.3) is 0 Å². The summed E-state index contributed by atoms with van der Waals surface area (Å²) in [5, 5.41) is 60.7. The molecule has 0 saturated carbocycles. The van der Waals surface area contributed by atoms with E-state index in [0.29, 0.717) is 11.1 Å². The number of phenolic OH excluding ortho intramolecular Hbond substituents is 6. The fraction of sp³-hybridized carbons (Fsp3) is 0.143. The molecule has 0 aromatic heterocycles. The predicted octanol–water partition coefficient (Wildman–Crippen LogP) is 5.30. The number of ether oxygens (including phenoxy) is 1. The van der Waals surface area contributed by atoms with Crippen molar-refractivity contribution in [2.75, 3.05) is 0 Å². The molecule has 0 aliphatic carbocycles. The summed E-state index contributed by atoms with van der Waals surface area (Å²) in [4.78, 5) is 0. The standard InChI is InChI=1S/C28H24O7/c29-19-5-1-15(2-6-19)27-25(17-9-21(31)13-22(32)10-17)26(18-11-23(33)14-24(34)12-18)28(35-27)16-3-7-20(30)8-4-16/h1-14,25-34H/t25-,26-,27-,28+/m1/s1. The van der Waals surface area contributed by atoms with Gasteiger partial charge in [-0.2, -0.15) is 0 Å². The molecule has 1 fully saturated rings. The molecule has 0 unspecified atom stereocenters. The Morgan fingerprint density at radius 3 is 1.00 bits per heavy atom. The Labute approximate surface area is 201 Å². The highest BCUT2D eigenvalue weighted by Crippen LogP contribution is 2.59. The Morgan fingerprint density at radius 2 is 0.686 bits per heavy atom. The second kappa shape index (κ2) is 8.77. The van der Waals surface area contributed by atoms with Crippen LogP contribution >= 0.6 is 0 Å². The Hall–Kier alpha value is -4.36. The van der Waals surface area contributed by atoms with Gasteiger partial charge >= 0.3 is 0 Å². The van der Waals surface area contributed by atoms with Gasteiger partial charge in [0, 0.05) is 24.0 Å². The van der Waals surface area contributed by atoms with Gasteiger partial charge in [-0.3, -0.25) is 0 Å². The molecule has 0 spiro atoms. The van der Waals surface area contributed by atoms with Crippen LogP contribution < -0.4 is 0 Å². The molecule has 1 saturated heterocycles. The highest BCUT2D eigenvalue weighted by Gasteiger charge is 2.47. The van der Waals surface area contributed by atoms with Gasteiger partial charge in [0.1, 0.15) is 34.5 Å². The molecule has 1 heterocycles. The maximum absolute atomic E-state index is 10.3. The van der Waals surface area contributed by atoms with Crippen LogP contribution in [-0.4, -0.2) is 30.6 Å². The number of benzene rings is 4. The van der Waals surface area contributed by atoms with Crippen LogP contribution in [0.15, 0.2) is 84.9 Å². The zero-order valence-corrected chi connectivity index (χ0v) is 18.5. The van der Waals surface area contributed by atoms with Crippen molar-refractivity contribution in [3.63, 3.8) is 0 Å². The second-order valence-corrected chi connectivity index (χ2v) is 8.78. The minimum absolute atomic E-state index is 0.0998. The molecule has 4 aromatic rings. The van der Waals surface area contributed by atoms with Crippen molar-refractivity contribution in [2.24, 2.45) is 0 Å². The van der Waals surface area contributed by atoms with Gasteiger partial charge < -0.3 is 35.4 Å². The Bertz CT molecular complexity index is 1200. The molecule has 5 rings (SSSR count). The summed E-state index contributed by atoms with van der Waals surface area (Å²) in [5.41, 5.74) is 2.70. The van der Waals surface area contributed by atoms with Gasteiger partial charge in [-0.1, -0.05) is 24.3 Å².